The maximum atomic E-state index is 11.1. The van der Waals surface area contributed by atoms with E-state index in [9.17, 15) is 9.90 Å². The number of hydrogen-bond acceptors (Lipinski definition) is 2. The number of carbonyl (C=O) groups is 1. The van der Waals surface area contributed by atoms with Gasteiger partial charge in [-0.15, -0.1) is 0 Å². The predicted octanol–water partition coefficient (Wildman–Crippen LogP) is 2.22. The number of allylic oxidation sites excluding steroid dienone is 1. The van der Waals surface area contributed by atoms with Crippen molar-refractivity contribution in [1.82, 2.24) is 0 Å². The average molecular weight is 191 g/mol. The van der Waals surface area contributed by atoms with Crippen molar-refractivity contribution in [3.8, 4) is 5.75 Å². The van der Waals surface area contributed by atoms with E-state index < -0.39 is 0 Å². The van der Waals surface area contributed by atoms with E-state index in [1.165, 1.54) is 6.08 Å². The molecule has 2 N–H and O–H groups in total. The first-order valence-electron chi connectivity index (χ1n) is 4.37. The molecule has 1 amide bonds. The molecule has 0 aromatic heterocycles. The molecule has 3 heteroatoms. The van der Waals surface area contributed by atoms with E-state index in [0.717, 1.165) is 5.56 Å². The second-order valence-electron chi connectivity index (χ2n) is 2.99. The van der Waals surface area contributed by atoms with Crippen molar-refractivity contribution >= 4 is 11.6 Å². The number of benzene rings is 1. The van der Waals surface area contributed by atoms with E-state index in [1.807, 2.05) is 0 Å². The molecule has 74 valence electrons. The Labute approximate surface area is 83.1 Å². The van der Waals surface area contributed by atoms with Gasteiger partial charge in [0.25, 0.3) is 0 Å². The standard InChI is InChI=1S/C11H13NO2/c1-3-4-11(14)12-9-5-6-10(13)8(2)7-9/h3-7,13H,1-2H3,(H,12,14)/b4-3+. The van der Waals surface area contributed by atoms with Crippen molar-refractivity contribution in [3.63, 3.8) is 0 Å². The molecule has 0 saturated heterocycles. The van der Waals surface area contributed by atoms with Gasteiger partial charge < -0.3 is 10.4 Å². The molecule has 0 fully saturated rings. The molecule has 0 spiro atoms. The summed E-state index contributed by atoms with van der Waals surface area (Å²) in [5.41, 5.74) is 1.42. The summed E-state index contributed by atoms with van der Waals surface area (Å²) < 4.78 is 0. The van der Waals surface area contributed by atoms with E-state index in [2.05, 4.69) is 5.32 Å². The number of phenolic OH excluding ortho intramolecular Hbond substituents is 1. The molecule has 0 heterocycles. The van der Waals surface area contributed by atoms with Gasteiger partial charge in [0.2, 0.25) is 5.91 Å². The van der Waals surface area contributed by atoms with Crippen LogP contribution in [0.2, 0.25) is 0 Å². The SMILES string of the molecule is C/C=C/C(=O)Nc1ccc(O)c(C)c1. The lowest BCUT2D eigenvalue weighted by Gasteiger charge is -2.04. The van der Waals surface area contributed by atoms with E-state index >= 15 is 0 Å². The van der Waals surface area contributed by atoms with Gasteiger partial charge >= 0.3 is 0 Å². The summed E-state index contributed by atoms with van der Waals surface area (Å²) in [5.74, 6) is 0.0617. The molecule has 0 saturated carbocycles. The fourth-order valence-corrected chi connectivity index (χ4v) is 1.07. The Morgan fingerprint density at radius 1 is 1.50 bits per heavy atom. The Hall–Kier alpha value is -1.77. The molecule has 0 aliphatic rings. The van der Waals surface area contributed by atoms with Crippen LogP contribution in [0.4, 0.5) is 5.69 Å². The van der Waals surface area contributed by atoms with Crippen LogP contribution in [0.15, 0.2) is 30.4 Å². The lowest BCUT2D eigenvalue weighted by molar-refractivity contribution is -0.111. The smallest absolute Gasteiger partial charge is 0.248 e. The summed E-state index contributed by atoms with van der Waals surface area (Å²) in [4.78, 5) is 11.1. The molecule has 0 bridgehead atoms. The molecule has 0 unspecified atom stereocenters. The number of nitrogens with one attached hydrogen (secondary N) is 1. The highest BCUT2D eigenvalue weighted by Gasteiger charge is 1.99. The largest absolute Gasteiger partial charge is 0.508 e. The highest BCUT2D eigenvalue weighted by atomic mass is 16.3. The molecule has 1 aromatic carbocycles. The fraction of sp³-hybridized carbons (Fsp3) is 0.182. The first-order valence-corrected chi connectivity index (χ1v) is 4.37. The summed E-state index contributed by atoms with van der Waals surface area (Å²) in [6.07, 6.45) is 3.12. The molecular weight excluding hydrogens is 178 g/mol. The third-order valence-corrected chi connectivity index (χ3v) is 1.78. The van der Waals surface area contributed by atoms with E-state index in [4.69, 9.17) is 0 Å². The number of aryl methyl sites for hydroxylation is 1. The third-order valence-electron chi connectivity index (χ3n) is 1.78. The zero-order chi connectivity index (χ0) is 10.6. The van der Waals surface area contributed by atoms with Crippen molar-refractivity contribution in [1.29, 1.82) is 0 Å². The lowest BCUT2D eigenvalue weighted by atomic mass is 10.2. The highest BCUT2D eigenvalue weighted by molar-refractivity contribution is 5.99. The molecule has 0 radical (unpaired) electrons. The van der Waals surface area contributed by atoms with Crippen molar-refractivity contribution < 1.29 is 9.90 Å². The maximum absolute atomic E-state index is 11.1. The normalized spacial score (nSPS) is 10.4. The molecule has 1 rings (SSSR count). The van der Waals surface area contributed by atoms with Gasteiger partial charge in [-0.25, -0.2) is 0 Å². The minimum absolute atomic E-state index is 0.169. The van der Waals surface area contributed by atoms with Gasteiger partial charge in [-0.1, -0.05) is 6.08 Å². The van der Waals surface area contributed by atoms with Crippen LogP contribution in [0.3, 0.4) is 0 Å². The number of phenols is 1. The number of aromatic hydroxyl groups is 1. The molecule has 0 aliphatic carbocycles. The molecule has 1 aromatic rings. The van der Waals surface area contributed by atoms with Crippen LogP contribution in [0, 0.1) is 6.92 Å². The van der Waals surface area contributed by atoms with Crippen LogP contribution in [0.5, 0.6) is 5.75 Å². The van der Waals surface area contributed by atoms with Gasteiger partial charge in [0.05, 0.1) is 0 Å². The highest BCUT2D eigenvalue weighted by Crippen LogP contribution is 2.19. The first-order chi connectivity index (χ1) is 6.63. The monoisotopic (exact) mass is 191 g/mol. The molecule has 14 heavy (non-hydrogen) atoms. The maximum Gasteiger partial charge on any atom is 0.248 e. The lowest BCUT2D eigenvalue weighted by Crippen LogP contribution is -2.07. The quantitative estimate of drug-likeness (QED) is 0.556. The van der Waals surface area contributed by atoms with Crippen LogP contribution in [-0.4, -0.2) is 11.0 Å². The molecular formula is C11H13NO2. The van der Waals surface area contributed by atoms with Crippen LogP contribution >= 0.6 is 0 Å². The van der Waals surface area contributed by atoms with Crippen LogP contribution in [0.25, 0.3) is 0 Å². The van der Waals surface area contributed by atoms with Gasteiger partial charge in [0.1, 0.15) is 5.75 Å². The van der Waals surface area contributed by atoms with Crippen molar-refractivity contribution in [3.05, 3.63) is 35.9 Å². The van der Waals surface area contributed by atoms with Gasteiger partial charge in [0.15, 0.2) is 0 Å². The van der Waals surface area contributed by atoms with Crippen molar-refractivity contribution in [2.45, 2.75) is 13.8 Å². The topological polar surface area (TPSA) is 49.3 Å². The summed E-state index contributed by atoms with van der Waals surface area (Å²) in [7, 11) is 0. The van der Waals surface area contributed by atoms with Gasteiger partial charge in [0, 0.05) is 5.69 Å². The Morgan fingerprint density at radius 3 is 2.79 bits per heavy atom. The molecule has 0 atom stereocenters. The van der Waals surface area contributed by atoms with Gasteiger partial charge in [-0.2, -0.15) is 0 Å². The average Bonchev–Trinajstić information content (AvgIpc) is 2.12. The minimum atomic E-state index is -0.169. The summed E-state index contributed by atoms with van der Waals surface area (Å²) in [6.45, 7) is 3.56. The number of rotatable bonds is 2. The Kier molecular flexibility index (Phi) is 3.29. The zero-order valence-corrected chi connectivity index (χ0v) is 8.24. The Balaban J connectivity index is 2.78. The van der Waals surface area contributed by atoms with Crippen LogP contribution in [-0.2, 0) is 4.79 Å². The van der Waals surface area contributed by atoms with E-state index in [0.29, 0.717) is 5.69 Å². The minimum Gasteiger partial charge on any atom is -0.508 e. The number of amides is 1. The summed E-state index contributed by atoms with van der Waals surface area (Å²) in [6, 6.07) is 4.93. The van der Waals surface area contributed by atoms with Crippen LogP contribution < -0.4 is 5.32 Å². The zero-order valence-electron chi connectivity index (χ0n) is 8.24. The number of anilines is 1. The third kappa shape index (κ3) is 2.62. The number of carbonyl (C=O) groups excluding carboxylic acids is 1. The fourth-order valence-electron chi connectivity index (χ4n) is 1.07. The van der Waals surface area contributed by atoms with Gasteiger partial charge in [-0.3, -0.25) is 4.79 Å². The molecule has 3 nitrogen and oxygen atoms in total. The van der Waals surface area contributed by atoms with Crippen molar-refractivity contribution in [2.24, 2.45) is 0 Å². The van der Waals surface area contributed by atoms with Crippen molar-refractivity contribution in [2.75, 3.05) is 5.32 Å². The second kappa shape index (κ2) is 4.46. The number of hydrogen-bond donors (Lipinski definition) is 2. The van der Waals surface area contributed by atoms with Crippen LogP contribution in [0.1, 0.15) is 12.5 Å². The Morgan fingerprint density at radius 2 is 2.21 bits per heavy atom. The Bertz CT molecular complexity index is 370. The van der Waals surface area contributed by atoms with E-state index in [1.54, 1.807) is 38.1 Å². The van der Waals surface area contributed by atoms with Gasteiger partial charge in [-0.05, 0) is 43.7 Å². The summed E-state index contributed by atoms with van der Waals surface area (Å²) in [5, 5.41) is 11.9. The predicted molar refractivity (Wildman–Crippen MR) is 56.3 cm³/mol. The molecule has 0 aliphatic heterocycles. The van der Waals surface area contributed by atoms with E-state index in [-0.39, 0.29) is 11.7 Å². The first kappa shape index (κ1) is 10.3. The summed E-state index contributed by atoms with van der Waals surface area (Å²) >= 11 is 0. The second-order valence-corrected chi connectivity index (χ2v) is 2.99.